The lowest BCUT2D eigenvalue weighted by Crippen LogP contribution is -2.46. The van der Waals surface area contributed by atoms with Gasteiger partial charge in [-0.2, -0.15) is 0 Å². The van der Waals surface area contributed by atoms with Crippen molar-refractivity contribution in [2.75, 3.05) is 13.2 Å². The maximum absolute atomic E-state index is 10.3. The molecule has 0 spiro atoms. The van der Waals surface area contributed by atoms with E-state index in [2.05, 4.69) is 15.6 Å². The number of aryl methyl sites for hydroxylation is 1. The molecule has 1 aromatic heterocycles. The summed E-state index contributed by atoms with van der Waals surface area (Å²) in [6.45, 7) is 2.35. The van der Waals surface area contributed by atoms with Crippen molar-refractivity contribution in [2.45, 2.75) is 37.8 Å². The van der Waals surface area contributed by atoms with E-state index in [1.165, 1.54) is 0 Å². The van der Waals surface area contributed by atoms with Crippen LogP contribution in [0.15, 0.2) is 29.8 Å². The first-order chi connectivity index (χ1) is 11.6. The molecule has 3 rings (SSSR count). The Labute approximate surface area is 145 Å². The van der Waals surface area contributed by atoms with Crippen molar-refractivity contribution >= 4 is 11.3 Å². The average molecular weight is 349 g/mol. The minimum absolute atomic E-state index is 0.120. The van der Waals surface area contributed by atoms with E-state index < -0.39 is 12.3 Å². The van der Waals surface area contributed by atoms with Crippen molar-refractivity contribution in [3.8, 4) is 10.4 Å². The number of nitrogens with zero attached hydrogens (tertiary/aromatic N) is 1. The van der Waals surface area contributed by atoms with Crippen LogP contribution in [-0.2, 0) is 0 Å². The van der Waals surface area contributed by atoms with Gasteiger partial charge in [-0.3, -0.25) is 5.32 Å². The van der Waals surface area contributed by atoms with Crippen molar-refractivity contribution in [1.29, 1.82) is 0 Å². The highest BCUT2D eigenvalue weighted by Gasteiger charge is 2.29. The van der Waals surface area contributed by atoms with Crippen LogP contribution in [0.1, 0.15) is 23.7 Å². The van der Waals surface area contributed by atoms with Gasteiger partial charge < -0.3 is 20.6 Å². The number of nitrogens with one attached hydrogen (secondary N) is 2. The molecule has 1 saturated heterocycles. The molecular formula is C17H23N3O3S. The average Bonchev–Trinajstić information content (AvgIpc) is 3.21. The third-order valence-corrected chi connectivity index (χ3v) is 5.38. The predicted octanol–water partition coefficient (Wildman–Crippen LogP) is 0.783. The Balaban J connectivity index is 1.68. The lowest BCUT2D eigenvalue weighted by Gasteiger charge is -2.25. The summed E-state index contributed by atoms with van der Waals surface area (Å²) in [6, 6.07) is 7.33. The minimum atomic E-state index is -0.831. The fraction of sp³-hybridized carbons (Fsp3) is 0.471. The maximum Gasteiger partial charge on any atom is 0.121 e. The zero-order valence-corrected chi connectivity index (χ0v) is 14.3. The third-order valence-electron chi connectivity index (χ3n) is 4.40. The molecule has 5 N–H and O–H groups in total. The number of rotatable bonds is 6. The van der Waals surface area contributed by atoms with Crippen LogP contribution < -0.4 is 10.6 Å². The number of benzene rings is 1. The van der Waals surface area contributed by atoms with Crippen molar-refractivity contribution in [1.82, 2.24) is 15.6 Å². The van der Waals surface area contributed by atoms with Crippen molar-refractivity contribution in [3.63, 3.8) is 0 Å². The zero-order valence-electron chi connectivity index (χ0n) is 13.5. The van der Waals surface area contributed by atoms with Crippen LogP contribution in [0, 0.1) is 6.92 Å². The Bertz CT molecular complexity index is 661. The molecular weight excluding hydrogens is 326 g/mol. The van der Waals surface area contributed by atoms with E-state index >= 15 is 0 Å². The summed E-state index contributed by atoms with van der Waals surface area (Å²) in [5.41, 5.74) is 4.83. The third kappa shape index (κ3) is 3.83. The predicted molar refractivity (Wildman–Crippen MR) is 93.7 cm³/mol. The highest BCUT2D eigenvalue weighted by Crippen LogP contribution is 2.28. The van der Waals surface area contributed by atoms with Gasteiger partial charge in [0.2, 0.25) is 0 Å². The molecule has 1 fully saturated rings. The molecule has 6 nitrogen and oxygen atoms in total. The first kappa shape index (κ1) is 17.5. The van der Waals surface area contributed by atoms with Crippen LogP contribution in [0.4, 0.5) is 0 Å². The van der Waals surface area contributed by atoms with Gasteiger partial charge in [-0.25, -0.2) is 4.98 Å². The second kappa shape index (κ2) is 7.69. The monoisotopic (exact) mass is 349 g/mol. The summed E-state index contributed by atoms with van der Waals surface area (Å²) in [5.74, 6) is 0. The summed E-state index contributed by atoms with van der Waals surface area (Å²) in [4.78, 5) is 5.40. The van der Waals surface area contributed by atoms with Gasteiger partial charge in [0.25, 0.3) is 0 Å². The number of hydrogen-bond donors (Lipinski definition) is 5. The molecule has 1 aliphatic rings. The van der Waals surface area contributed by atoms with Crippen LogP contribution >= 0.6 is 11.3 Å². The van der Waals surface area contributed by atoms with E-state index in [0.717, 1.165) is 21.7 Å². The van der Waals surface area contributed by atoms with Gasteiger partial charge in [-0.15, -0.1) is 11.3 Å². The lowest BCUT2D eigenvalue weighted by molar-refractivity contribution is 0.0700. The quantitative estimate of drug-likeness (QED) is 0.495. The summed E-state index contributed by atoms with van der Waals surface area (Å²) < 4.78 is 0. The maximum atomic E-state index is 10.3. The molecule has 0 saturated carbocycles. The van der Waals surface area contributed by atoms with Gasteiger partial charge in [-0.05, 0) is 24.5 Å². The summed E-state index contributed by atoms with van der Waals surface area (Å²) >= 11 is 1.60. The topological polar surface area (TPSA) is 97.6 Å². The van der Waals surface area contributed by atoms with E-state index in [4.69, 9.17) is 0 Å². The number of hydrogen-bond acceptors (Lipinski definition) is 7. The Hall–Kier alpha value is -1.35. The second-order valence-electron chi connectivity index (χ2n) is 6.14. The molecule has 4 atom stereocenters. The van der Waals surface area contributed by atoms with Gasteiger partial charge in [0.15, 0.2) is 0 Å². The van der Waals surface area contributed by atoms with Crippen molar-refractivity contribution < 1.29 is 15.3 Å². The summed E-state index contributed by atoms with van der Waals surface area (Å²) in [5, 5.41) is 35.6. The van der Waals surface area contributed by atoms with Crippen molar-refractivity contribution in [3.05, 3.63) is 41.0 Å². The van der Waals surface area contributed by atoms with Crippen molar-refractivity contribution in [2.24, 2.45) is 0 Å². The van der Waals surface area contributed by atoms with Gasteiger partial charge in [0.1, 0.15) is 6.23 Å². The van der Waals surface area contributed by atoms with Crippen LogP contribution in [0.5, 0.6) is 0 Å². The highest BCUT2D eigenvalue weighted by molar-refractivity contribution is 7.13. The number of aliphatic hydroxyl groups excluding tert-OH is 3. The molecule has 24 heavy (non-hydrogen) atoms. The molecule has 7 heteroatoms. The SMILES string of the molecule is Cc1ncsc1-c1ccc([C@H](CO)NC(O)[C@@H]2C[C@@H](O)CN2)cc1. The standard InChI is InChI=1S/C17H23N3O3S/c1-10-16(24-9-19-10)12-4-2-11(3-5-12)15(8-21)20-17(23)14-6-13(22)7-18-14/h2-5,9,13-15,17-18,20-23H,6-8H2,1H3/t13-,14+,15+,17?/m1/s1. The van der Waals surface area contributed by atoms with E-state index in [1.807, 2.05) is 36.7 Å². The lowest BCUT2D eigenvalue weighted by atomic mass is 10.0. The molecule has 0 radical (unpaired) electrons. The van der Waals surface area contributed by atoms with Gasteiger partial charge in [0.05, 0.1) is 34.8 Å². The van der Waals surface area contributed by atoms with Crippen LogP contribution in [-0.4, -0.2) is 51.8 Å². The largest absolute Gasteiger partial charge is 0.394 e. The molecule has 1 aliphatic heterocycles. The van der Waals surface area contributed by atoms with E-state index in [-0.39, 0.29) is 18.7 Å². The summed E-state index contributed by atoms with van der Waals surface area (Å²) in [7, 11) is 0. The molecule has 0 bridgehead atoms. The Kier molecular flexibility index (Phi) is 5.60. The molecule has 0 aliphatic carbocycles. The number of β-amino-alcohol motifs (C(OH)–C–C–N with tert-alkyl or cyclic N) is 1. The van der Waals surface area contributed by atoms with E-state index in [0.29, 0.717) is 13.0 Å². The molecule has 0 amide bonds. The first-order valence-electron chi connectivity index (χ1n) is 8.05. The zero-order chi connectivity index (χ0) is 17.1. The van der Waals surface area contributed by atoms with Crippen LogP contribution in [0.2, 0.25) is 0 Å². The number of aliphatic hydroxyl groups is 3. The molecule has 1 aromatic carbocycles. The smallest absolute Gasteiger partial charge is 0.121 e. The van der Waals surface area contributed by atoms with E-state index in [1.54, 1.807) is 11.3 Å². The first-order valence-corrected chi connectivity index (χ1v) is 8.93. The van der Waals surface area contributed by atoms with E-state index in [9.17, 15) is 15.3 Å². The Morgan fingerprint density at radius 2 is 2.12 bits per heavy atom. The fourth-order valence-corrected chi connectivity index (χ4v) is 3.82. The fourth-order valence-electron chi connectivity index (χ4n) is 3.01. The minimum Gasteiger partial charge on any atom is -0.394 e. The molecule has 2 aromatic rings. The Morgan fingerprint density at radius 1 is 1.38 bits per heavy atom. The number of aromatic nitrogens is 1. The highest BCUT2D eigenvalue weighted by atomic mass is 32.1. The number of thiazole rings is 1. The normalized spacial score (nSPS) is 23.3. The van der Waals surface area contributed by atoms with Gasteiger partial charge >= 0.3 is 0 Å². The van der Waals surface area contributed by atoms with Crippen LogP contribution in [0.25, 0.3) is 10.4 Å². The Morgan fingerprint density at radius 3 is 2.67 bits per heavy atom. The molecule has 2 heterocycles. The molecule has 130 valence electrons. The second-order valence-corrected chi connectivity index (χ2v) is 6.99. The summed E-state index contributed by atoms with van der Waals surface area (Å²) in [6.07, 6.45) is -0.765. The molecule has 1 unspecified atom stereocenters. The van der Waals surface area contributed by atoms with Gasteiger partial charge in [0, 0.05) is 12.6 Å². The van der Waals surface area contributed by atoms with Crippen LogP contribution in [0.3, 0.4) is 0 Å². The van der Waals surface area contributed by atoms with Gasteiger partial charge in [-0.1, -0.05) is 24.3 Å².